The second-order valence-corrected chi connectivity index (χ2v) is 24.9. The molecule has 27 heteroatoms. The van der Waals surface area contributed by atoms with E-state index in [0.717, 1.165) is 99.6 Å². The first kappa shape index (κ1) is 71.0. The minimum absolute atomic E-state index is 0.146. The number of hydrogen-bond donors (Lipinski definition) is 0. The largest absolute Gasteiger partial charge is 0.454 e. The summed E-state index contributed by atoms with van der Waals surface area (Å²) in [7, 11) is 0. The fraction of sp³-hybridized carbons (Fsp3) is 0.192. The number of rotatable bonds is 15. The van der Waals surface area contributed by atoms with Crippen molar-refractivity contribution in [2.75, 3.05) is 39.3 Å². The van der Waals surface area contributed by atoms with Gasteiger partial charge < -0.3 is 28.9 Å². The first-order valence-corrected chi connectivity index (χ1v) is 33.3. The summed E-state index contributed by atoms with van der Waals surface area (Å²) in [5.74, 6) is -6.85. The molecule has 534 valence electrons. The number of ether oxygens (including phenoxy) is 3. The van der Waals surface area contributed by atoms with Crippen LogP contribution in [-0.2, 0) is 14.4 Å². The van der Waals surface area contributed by atoms with Gasteiger partial charge >= 0.3 is 0 Å². The van der Waals surface area contributed by atoms with Crippen LogP contribution >= 0.6 is 0 Å². The van der Waals surface area contributed by atoms with E-state index in [-0.39, 0.29) is 52.7 Å². The Hall–Kier alpha value is -12.4. The van der Waals surface area contributed by atoms with Gasteiger partial charge in [0.1, 0.15) is 28.9 Å². The molecule has 3 aliphatic rings. The highest BCUT2D eigenvalue weighted by Crippen LogP contribution is 2.39. The van der Waals surface area contributed by atoms with E-state index in [1.165, 1.54) is 49.0 Å². The normalized spacial score (nSPS) is 15.9. The van der Waals surface area contributed by atoms with Crippen molar-refractivity contribution in [2.24, 2.45) is 0 Å². The van der Waals surface area contributed by atoms with Crippen LogP contribution in [0.2, 0.25) is 0 Å². The molecule has 15 rings (SSSR count). The summed E-state index contributed by atoms with van der Waals surface area (Å²) in [5.41, 5.74) is 4.95. The molecule has 105 heavy (non-hydrogen) atoms. The van der Waals surface area contributed by atoms with Crippen LogP contribution in [0.5, 0.6) is 34.5 Å². The van der Waals surface area contributed by atoms with Crippen LogP contribution in [0.25, 0.3) is 49.8 Å². The maximum absolute atomic E-state index is 14.9. The SMILES string of the molecule is C=CC(=O)N1CCC[C@@H](c2nn(-c3ccc(Oc4cc(F)ccc4F)cc3)c3cncc(F)c23)C1.C=CC(=O)N1CCC[C@H](c2nn(-c3ccc(Oc4cc(F)ccc4F)cc3)c3cncc(F)c23)C1.C=CC(=O)N1CCC[C@H](c2nn(-c3ccc(Oc4cccc(F)c4F)cc3)c3cncc(F)c23)C1. The summed E-state index contributed by atoms with van der Waals surface area (Å²) >= 11 is 0. The number of carbonyl (C=O) groups is 3. The molecule has 0 saturated carbocycles. The molecule has 0 radical (unpaired) electrons. The van der Waals surface area contributed by atoms with Gasteiger partial charge in [-0.2, -0.15) is 19.7 Å². The number of piperidine rings is 3. The number of benzene rings is 6. The first-order valence-electron chi connectivity index (χ1n) is 33.3. The molecule has 0 aliphatic carbocycles. The lowest BCUT2D eigenvalue weighted by molar-refractivity contribution is -0.127. The number of pyridine rings is 3. The van der Waals surface area contributed by atoms with E-state index in [4.69, 9.17) is 29.5 Å². The molecule has 18 nitrogen and oxygen atoms in total. The second kappa shape index (κ2) is 31.0. The minimum Gasteiger partial charge on any atom is -0.454 e. The average molecular weight is 1440 g/mol. The molecule has 3 saturated heterocycles. The molecule has 0 unspecified atom stereocenters. The smallest absolute Gasteiger partial charge is 0.245 e. The molecule has 6 aromatic heterocycles. The summed E-state index contributed by atoms with van der Waals surface area (Å²) < 4.78 is 148. The topological polar surface area (TPSA) is 181 Å². The zero-order chi connectivity index (χ0) is 73.6. The Morgan fingerprint density at radius 3 is 1.03 bits per heavy atom. The molecule has 9 heterocycles. The van der Waals surface area contributed by atoms with Crippen molar-refractivity contribution in [3.63, 3.8) is 0 Å². The van der Waals surface area contributed by atoms with Crippen molar-refractivity contribution in [1.29, 1.82) is 0 Å². The maximum Gasteiger partial charge on any atom is 0.245 e. The zero-order valence-corrected chi connectivity index (χ0v) is 55.9. The first-order chi connectivity index (χ1) is 50.8. The van der Waals surface area contributed by atoms with Crippen molar-refractivity contribution in [1.82, 2.24) is 59.0 Å². The van der Waals surface area contributed by atoms with Crippen molar-refractivity contribution in [3.8, 4) is 51.6 Å². The number of halogens is 9. The highest BCUT2D eigenvalue weighted by atomic mass is 19.2. The van der Waals surface area contributed by atoms with Crippen LogP contribution in [0, 0.1) is 52.4 Å². The number of fused-ring (bicyclic) bond motifs is 3. The van der Waals surface area contributed by atoms with Crippen LogP contribution in [0.1, 0.15) is 73.4 Å². The van der Waals surface area contributed by atoms with Crippen molar-refractivity contribution in [3.05, 3.63) is 272 Å². The molecule has 12 aromatic rings. The fourth-order valence-corrected chi connectivity index (χ4v) is 13.2. The van der Waals surface area contributed by atoms with Crippen LogP contribution in [0.15, 0.2) is 203 Å². The van der Waals surface area contributed by atoms with Crippen LogP contribution in [0.4, 0.5) is 39.5 Å². The number of hydrogen-bond acceptors (Lipinski definition) is 12. The molecule has 0 bridgehead atoms. The number of aromatic nitrogens is 9. The second-order valence-electron chi connectivity index (χ2n) is 24.9. The van der Waals surface area contributed by atoms with Crippen LogP contribution in [0.3, 0.4) is 0 Å². The Morgan fingerprint density at radius 1 is 0.381 bits per heavy atom. The van der Waals surface area contributed by atoms with E-state index in [1.54, 1.807) is 102 Å². The maximum atomic E-state index is 14.9. The molecule has 0 spiro atoms. The third kappa shape index (κ3) is 15.2. The van der Waals surface area contributed by atoms with Crippen molar-refractivity contribution < 1.29 is 68.1 Å². The lowest BCUT2D eigenvalue weighted by Gasteiger charge is -2.31. The van der Waals surface area contributed by atoms with Gasteiger partial charge in [0.05, 0.1) is 104 Å². The number of amides is 3. The van der Waals surface area contributed by atoms with Crippen LogP contribution in [-0.4, -0.2) is 116 Å². The van der Waals surface area contributed by atoms with Gasteiger partial charge in [-0.15, -0.1) is 0 Å². The highest BCUT2D eigenvalue weighted by Gasteiger charge is 2.33. The molecular formula is C78H63F9N12O6. The summed E-state index contributed by atoms with van der Waals surface area (Å²) in [4.78, 5) is 53.5. The summed E-state index contributed by atoms with van der Waals surface area (Å²) in [6, 6.07) is 29.3. The average Bonchev–Trinajstić information content (AvgIpc) is 1.63. The van der Waals surface area contributed by atoms with E-state index in [9.17, 15) is 53.9 Å². The van der Waals surface area contributed by atoms with E-state index in [0.29, 0.717) is 123 Å². The quantitative estimate of drug-likeness (QED) is 0.0701. The fourth-order valence-electron chi connectivity index (χ4n) is 13.2. The monoisotopic (exact) mass is 1430 g/mol. The van der Waals surface area contributed by atoms with E-state index < -0.39 is 52.4 Å². The Morgan fingerprint density at radius 2 is 0.705 bits per heavy atom. The van der Waals surface area contributed by atoms with Gasteiger partial charge in [0, 0.05) is 69.2 Å². The molecule has 3 fully saturated rings. The predicted molar refractivity (Wildman–Crippen MR) is 372 cm³/mol. The third-order valence-corrected chi connectivity index (χ3v) is 18.2. The Labute approximate surface area is 594 Å². The predicted octanol–water partition coefficient (Wildman–Crippen LogP) is 16.6. The Kier molecular flexibility index (Phi) is 21.0. The van der Waals surface area contributed by atoms with Gasteiger partial charge in [0.15, 0.2) is 52.2 Å². The number of likely N-dealkylation sites (tertiary alicyclic amines) is 3. The highest BCUT2D eigenvalue weighted by molar-refractivity contribution is 5.90. The van der Waals surface area contributed by atoms with E-state index >= 15 is 0 Å². The standard InChI is InChI=1S/3C26H21F3N4O2/c1-2-23(34)32-12-4-5-16(15-32)26-24-20(28)13-30-14-21(24)33(31-26)17-8-10-18(11-9-17)35-22-7-3-6-19(27)25(22)29;2*1-2-24(34)32-11-3-4-16(15-32)26-25-21(29)13-30-14-22(25)33(31-26)18-6-8-19(9-7-18)35-23-12-17(27)5-10-20(23)28/h2-3,6-11,13-14,16H,1,4-5,12,15H2;2*2,5-10,12-14,16H,1,3-4,11,15H2/t3*16-/m010/s1. The minimum atomic E-state index is -1.07. The molecule has 3 aliphatic heterocycles. The van der Waals surface area contributed by atoms with Gasteiger partial charge in [0.2, 0.25) is 23.5 Å². The van der Waals surface area contributed by atoms with Gasteiger partial charge in [-0.1, -0.05) is 25.8 Å². The molecule has 3 atom stereocenters. The Balaban J connectivity index is 0.000000140. The lowest BCUT2D eigenvalue weighted by atomic mass is 9.93. The lowest BCUT2D eigenvalue weighted by Crippen LogP contribution is -2.38. The van der Waals surface area contributed by atoms with Gasteiger partial charge in [0.25, 0.3) is 0 Å². The summed E-state index contributed by atoms with van der Waals surface area (Å²) in [6.07, 6.45) is 16.5. The molecule has 0 N–H and O–H groups in total. The van der Waals surface area contributed by atoms with Crippen molar-refractivity contribution >= 4 is 50.4 Å². The zero-order valence-electron chi connectivity index (χ0n) is 55.9. The van der Waals surface area contributed by atoms with E-state index in [1.807, 2.05) is 0 Å². The van der Waals surface area contributed by atoms with Crippen molar-refractivity contribution in [2.45, 2.75) is 56.3 Å². The summed E-state index contributed by atoms with van der Waals surface area (Å²) in [5, 5.41) is 15.3. The van der Waals surface area contributed by atoms with E-state index in [2.05, 4.69) is 34.7 Å². The molecule has 3 amide bonds. The Bertz CT molecular complexity index is 4840. The molecule has 6 aromatic carbocycles. The van der Waals surface area contributed by atoms with Gasteiger partial charge in [-0.05, 0) is 166 Å². The number of nitrogens with zero attached hydrogens (tertiary/aromatic N) is 12. The van der Waals surface area contributed by atoms with Crippen LogP contribution < -0.4 is 14.2 Å². The van der Waals surface area contributed by atoms with Gasteiger partial charge in [-0.3, -0.25) is 29.3 Å². The summed E-state index contributed by atoms with van der Waals surface area (Å²) in [6.45, 7) is 13.8. The van der Waals surface area contributed by atoms with Gasteiger partial charge in [-0.25, -0.2) is 49.2 Å². The number of carbonyl (C=O) groups excluding carboxylic acids is 3. The third-order valence-electron chi connectivity index (χ3n) is 18.2. The molecular weight excluding hydrogens is 1370 g/mol.